The van der Waals surface area contributed by atoms with Crippen LogP contribution in [0.15, 0.2) is 36.7 Å². The van der Waals surface area contributed by atoms with Crippen molar-refractivity contribution in [3.8, 4) is 5.75 Å². The number of nitrogens with zero attached hydrogens (tertiary/aromatic N) is 5. The Labute approximate surface area is 175 Å². The predicted molar refractivity (Wildman–Crippen MR) is 108 cm³/mol. The van der Waals surface area contributed by atoms with Crippen molar-refractivity contribution in [3.63, 3.8) is 0 Å². The molecule has 31 heavy (non-hydrogen) atoms. The molecule has 10 heteroatoms. The smallest absolute Gasteiger partial charge is 0.280 e. The lowest BCUT2D eigenvalue weighted by atomic mass is 9.94. The molecule has 1 aliphatic heterocycles. The van der Waals surface area contributed by atoms with Crippen LogP contribution in [0.3, 0.4) is 0 Å². The summed E-state index contributed by atoms with van der Waals surface area (Å²) >= 11 is 0. The third-order valence-corrected chi connectivity index (χ3v) is 5.72. The Morgan fingerprint density at radius 2 is 2.19 bits per heavy atom. The molecule has 1 amide bonds. The topological polar surface area (TPSA) is 88.4 Å². The van der Waals surface area contributed by atoms with Gasteiger partial charge in [0, 0.05) is 29.9 Å². The molecule has 0 saturated carbocycles. The third kappa shape index (κ3) is 3.37. The van der Waals surface area contributed by atoms with Crippen LogP contribution in [0.4, 0.5) is 8.78 Å². The minimum atomic E-state index is -2.70. The minimum absolute atomic E-state index is 0.138. The summed E-state index contributed by atoms with van der Waals surface area (Å²) < 4.78 is 33.5. The summed E-state index contributed by atoms with van der Waals surface area (Å²) in [6.07, 6.45) is 0.0146. The minimum Gasteiger partial charge on any atom is -0.496 e. The van der Waals surface area contributed by atoms with Crippen molar-refractivity contribution in [2.45, 2.75) is 25.2 Å². The monoisotopic (exact) mass is 426 g/mol. The molecule has 0 bridgehead atoms. The number of alkyl halides is 2. The molecule has 1 fully saturated rings. The number of aromatic nitrogens is 5. The van der Waals surface area contributed by atoms with Gasteiger partial charge in [-0.3, -0.25) is 4.79 Å². The molecule has 0 spiro atoms. The van der Waals surface area contributed by atoms with E-state index < -0.39 is 6.43 Å². The molecular formula is C21H20F2N6O2. The maximum absolute atomic E-state index is 13.5. The number of H-pyrrole nitrogens is 1. The summed E-state index contributed by atoms with van der Waals surface area (Å²) in [6, 6.07) is 8.75. The molecule has 4 aromatic rings. The van der Waals surface area contributed by atoms with Gasteiger partial charge in [0.1, 0.15) is 23.5 Å². The van der Waals surface area contributed by atoms with Gasteiger partial charge in [-0.15, -0.1) is 0 Å². The third-order valence-electron chi connectivity index (χ3n) is 5.72. The number of fused-ring (bicyclic) bond motifs is 2. The number of halogens is 2. The summed E-state index contributed by atoms with van der Waals surface area (Å²) in [5, 5.41) is 4.66. The van der Waals surface area contributed by atoms with Crippen LogP contribution in [0.25, 0.3) is 16.7 Å². The summed E-state index contributed by atoms with van der Waals surface area (Å²) in [5.74, 6) is 0.532. The first-order valence-corrected chi connectivity index (χ1v) is 9.99. The Morgan fingerprint density at radius 3 is 3.00 bits per heavy atom. The zero-order valence-corrected chi connectivity index (χ0v) is 16.8. The molecule has 8 nitrogen and oxygen atoms in total. The SMILES string of the molecule is COc1cccc2[nH]c(C(=O)N3CCC[C@@H](c4cc(C(F)F)n5ncnc5n4)C3)cc12. The van der Waals surface area contributed by atoms with Gasteiger partial charge in [0.2, 0.25) is 0 Å². The van der Waals surface area contributed by atoms with E-state index in [-0.39, 0.29) is 23.3 Å². The molecule has 3 aromatic heterocycles. The van der Waals surface area contributed by atoms with E-state index in [2.05, 4.69) is 20.1 Å². The highest BCUT2D eigenvalue weighted by atomic mass is 19.3. The van der Waals surface area contributed by atoms with Crippen molar-refractivity contribution in [2.75, 3.05) is 20.2 Å². The van der Waals surface area contributed by atoms with Gasteiger partial charge >= 0.3 is 0 Å². The van der Waals surface area contributed by atoms with Gasteiger partial charge in [0.25, 0.3) is 18.1 Å². The normalized spacial score (nSPS) is 17.0. The van der Waals surface area contributed by atoms with E-state index in [0.29, 0.717) is 30.2 Å². The quantitative estimate of drug-likeness (QED) is 0.539. The number of methoxy groups -OCH3 is 1. The summed E-state index contributed by atoms with van der Waals surface area (Å²) in [4.78, 5) is 26.5. The molecule has 1 saturated heterocycles. The van der Waals surface area contributed by atoms with Crippen LogP contribution in [-0.4, -0.2) is 55.6 Å². The van der Waals surface area contributed by atoms with E-state index in [4.69, 9.17) is 4.74 Å². The Bertz CT molecular complexity index is 1270. The first-order valence-electron chi connectivity index (χ1n) is 9.99. The van der Waals surface area contributed by atoms with Crippen LogP contribution < -0.4 is 4.74 Å². The molecule has 5 rings (SSSR count). The lowest BCUT2D eigenvalue weighted by molar-refractivity contribution is 0.0700. The van der Waals surface area contributed by atoms with E-state index in [1.807, 2.05) is 18.2 Å². The second-order valence-electron chi connectivity index (χ2n) is 7.57. The van der Waals surface area contributed by atoms with E-state index in [9.17, 15) is 13.6 Å². The second kappa shape index (κ2) is 7.60. The number of carbonyl (C=O) groups excluding carboxylic acids is 1. The highest BCUT2D eigenvalue weighted by Gasteiger charge is 2.29. The van der Waals surface area contributed by atoms with Gasteiger partial charge in [0.05, 0.1) is 12.8 Å². The maximum atomic E-state index is 13.5. The van der Waals surface area contributed by atoms with E-state index in [1.54, 1.807) is 18.1 Å². The van der Waals surface area contributed by atoms with Crippen molar-refractivity contribution in [3.05, 3.63) is 53.7 Å². The van der Waals surface area contributed by atoms with Crippen LogP contribution in [-0.2, 0) is 0 Å². The number of aromatic amines is 1. The fourth-order valence-electron chi connectivity index (χ4n) is 4.21. The molecule has 1 aliphatic rings. The highest BCUT2D eigenvalue weighted by Crippen LogP contribution is 2.31. The molecule has 160 valence electrons. The number of ether oxygens (including phenoxy) is 1. The van der Waals surface area contributed by atoms with Crippen LogP contribution in [0.2, 0.25) is 0 Å². The molecule has 0 radical (unpaired) electrons. The average molecular weight is 426 g/mol. The van der Waals surface area contributed by atoms with Gasteiger partial charge in [-0.25, -0.2) is 13.8 Å². The standard InChI is InChI=1S/C21H20F2N6O2/c1-31-18-6-2-5-14-13(18)8-16(26-14)20(30)28-7-3-4-12(10-28)15-9-17(19(22)23)29-21(27-15)24-11-25-29/h2,5-6,8-9,11-12,19,26H,3-4,7,10H2,1H3/t12-/m1/s1. The van der Waals surface area contributed by atoms with Crippen LogP contribution >= 0.6 is 0 Å². The molecule has 1 atom stereocenters. The fraction of sp³-hybridized carbons (Fsp3) is 0.333. The number of benzene rings is 1. The lowest BCUT2D eigenvalue weighted by Crippen LogP contribution is -2.39. The van der Waals surface area contributed by atoms with Crippen molar-refractivity contribution < 1.29 is 18.3 Å². The molecule has 0 aliphatic carbocycles. The van der Waals surface area contributed by atoms with Crippen molar-refractivity contribution in [2.24, 2.45) is 0 Å². The summed E-state index contributed by atoms with van der Waals surface area (Å²) in [7, 11) is 1.59. The lowest BCUT2D eigenvalue weighted by Gasteiger charge is -2.32. The molecule has 1 aromatic carbocycles. The first kappa shape index (κ1) is 19.4. The Hall–Kier alpha value is -3.56. The van der Waals surface area contributed by atoms with Crippen LogP contribution in [0, 0.1) is 0 Å². The predicted octanol–water partition coefficient (Wildman–Crippen LogP) is 3.57. The molecular weight excluding hydrogens is 406 g/mol. The zero-order chi connectivity index (χ0) is 21.5. The largest absolute Gasteiger partial charge is 0.496 e. The molecule has 4 heterocycles. The Morgan fingerprint density at radius 1 is 1.32 bits per heavy atom. The van der Waals surface area contributed by atoms with Gasteiger partial charge < -0.3 is 14.6 Å². The van der Waals surface area contributed by atoms with E-state index in [1.165, 1.54) is 12.4 Å². The molecule has 1 N–H and O–H groups in total. The number of rotatable bonds is 4. The first-order chi connectivity index (χ1) is 15.0. The summed E-state index contributed by atoms with van der Waals surface area (Å²) in [5.41, 5.74) is 1.54. The van der Waals surface area contributed by atoms with Crippen molar-refractivity contribution in [1.82, 2.24) is 29.5 Å². The van der Waals surface area contributed by atoms with Gasteiger partial charge in [-0.2, -0.15) is 14.6 Å². The number of amides is 1. The highest BCUT2D eigenvalue weighted by molar-refractivity contribution is 5.99. The fourth-order valence-corrected chi connectivity index (χ4v) is 4.21. The van der Waals surface area contributed by atoms with Crippen molar-refractivity contribution >= 4 is 22.6 Å². The van der Waals surface area contributed by atoms with Gasteiger partial charge in [-0.05, 0) is 37.1 Å². The molecule has 0 unspecified atom stereocenters. The summed E-state index contributed by atoms with van der Waals surface area (Å²) in [6.45, 7) is 0.988. The number of carbonyl (C=O) groups is 1. The zero-order valence-electron chi connectivity index (χ0n) is 16.8. The van der Waals surface area contributed by atoms with E-state index >= 15 is 0 Å². The van der Waals surface area contributed by atoms with Crippen molar-refractivity contribution in [1.29, 1.82) is 0 Å². The van der Waals surface area contributed by atoms with Gasteiger partial charge in [0.15, 0.2) is 0 Å². The van der Waals surface area contributed by atoms with E-state index in [0.717, 1.165) is 28.3 Å². The Balaban J connectivity index is 1.43. The maximum Gasteiger partial charge on any atom is 0.280 e. The number of hydrogen-bond donors (Lipinski definition) is 1. The van der Waals surface area contributed by atoms with Crippen LogP contribution in [0.1, 0.15) is 47.1 Å². The van der Waals surface area contributed by atoms with Crippen LogP contribution in [0.5, 0.6) is 5.75 Å². The Kier molecular flexibility index (Phi) is 4.76. The second-order valence-corrected chi connectivity index (χ2v) is 7.57. The number of likely N-dealkylation sites (tertiary alicyclic amines) is 1. The number of piperidine rings is 1. The van der Waals surface area contributed by atoms with Gasteiger partial charge in [-0.1, -0.05) is 6.07 Å². The average Bonchev–Trinajstić information content (AvgIpc) is 3.44. The number of nitrogens with one attached hydrogen (secondary N) is 1. The number of hydrogen-bond acceptors (Lipinski definition) is 5.